The number of carbonyl (C=O) groups is 1. The average Bonchev–Trinajstić information content (AvgIpc) is 2.59. The Labute approximate surface area is 147 Å². The van der Waals surface area contributed by atoms with Crippen LogP contribution in [0.15, 0.2) is 36.4 Å². The first-order chi connectivity index (χ1) is 11.6. The summed E-state index contributed by atoms with van der Waals surface area (Å²) in [6, 6.07) is 10.4. The van der Waals surface area contributed by atoms with Gasteiger partial charge < -0.3 is 5.32 Å². The molecule has 2 aromatic rings. The molecule has 24 heavy (non-hydrogen) atoms. The van der Waals surface area contributed by atoms with E-state index in [0.717, 1.165) is 30.9 Å². The summed E-state index contributed by atoms with van der Waals surface area (Å²) in [5.41, 5.74) is 3.90. The van der Waals surface area contributed by atoms with Gasteiger partial charge in [0.1, 0.15) is 5.82 Å². The first-order valence-corrected chi connectivity index (χ1v) is 8.84. The van der Waals surface area contributed by atoms with Gasteiger partial charge in [-0.05, 0) is 67.0 Å². The van der Waals surface area contributed by atoms with Gasteiger partial charge in [0.2, 0.25) is 0 Å². The Morgan fingerprint density at radius 2 is 1.92 bits per heavy atom. The van der Waals surface area contributed by atoms with Crippen molar-refractivity contribution >= 4 is 17.5 Å². The number of carbonyl (C=O) groups excluding carboxylic acids is 1. The highest BCUT2D eigenvalue weighted by Gasteiger charge is 2.19. The number of benzene rings is 2. The monoisotopic (exact) mass is 345 g/mol. The average molecular weight is 346 g/mol. The predicted molar refractivity (Wildman–Crippen MR) is 95.0 cm³/mol. The second-order valence-corrected chi connectivity index (χ2v) is 6.73. The third kappa shape index (κ3) is 3.62. The number of rotatable bonds is 4. The molecule has 1 aliphatic carbocycles. The van der Waals surface area contributed by atoms with Gasteiger partial charge in [0, 0.05) is 5.02 Å². The van der Waals surface area contributed by atoms with Crippen LogP contribution >= 0.6 is 11.6 Å². The van der Waals surface area contributed by atoms with Gasteiger partial charge in [0.05, 0.1) is 11.6 Å². The summed E-state index contributed by atoms with van der Waals surface area (Å²) in [7, 11) is 0. The van der Waals surface area contributed by atoms with E-state index in [1.807, 2.05) is 6.92 Å². The summed E-state index contributed by atoms with van der Waals surface area (Å²) in [5.74, 6) is -1.01. The SMILES string of the molecule is CCC(NC(=O)c1ccc(Cl)cc1F)c1ccc2c(c1)CCCC2. The van der Waals surface area contributed by atoms with Gasteiger partial charge in [-0.25, -0.2) is 4.39 Å². The van der Waals surface area contributed by atoms with Crippen LogP contribution < -0.4 is 5.32 Å². The van der Waals surface area contributed by atoms with E-state index >= 15 is 0 Å². The van der Waals surface area contributed by atoms with Crippen molar-refractivity contribution in [1.29, 1.82) is 0 Å². The Morgan fingerprint density at radius 1 is 1.17 bits per heavy atom. The molecule has 0 saturated heterocycles. The number of hydrogen-bond donors (Lipinski definition) is 1. The highest BCUT2D eigenvalue weighted by atomic mass is 35.5. The highest BCUT2D eigenvalue weighted by molar-refractivity contribution is 6.30. The van der Waals surface area contributed by atoms with E-state index in [-0.39, 0.29) is 16.6 Å². The molecule has 1 amide bonds. The largest absolute Gasteiger partial charge is 0.345 e. The van der Waals surface area contributed by atoms with Gasteiger partial charge in [-0.1, -0.05) is 36.7 Å². The van der Waals surface area contributed by atoms with Crippen molar-refractivity contribution in [2.24, 2.45) is 0 Å². The second kappa shape index (κ2) is 7.35. The molecular formula is C20H21ClFNO. The van der Waals surface area contributed by atoms with Crippen molar-refractivity contribution in [3.05, 3.63) is 69.5 Å². The molecule has 2 nitrogen and oxygen atoms in total. The molecule has 0 radical (unpaired) electrons. The number of amides is 1. The third-order valence-electron chi connectivity index (χ3n) is 4.66. The molecule has 2 aromatic carbocycles. The van der Waals surface area contributed by atoms with Crippen molar-refractivity contribution in [1.82, 2.24) is 5.32 Å². The fraction of sp³-hybridized carbons (Fsp3) is 0.350. The summed E-state index contributed by atoms with van der Waals surface area (Å²) in [6.45, 7) is 2.02. The summed E-state index contributed by atoms with van der Waals surface area (Å²) < 4.78 is 13.9. The minimum absolute atomic E-state index is 0.0239. The van der Waals surface area contributed by atoms with E-state index < -0.39 is 11.7 Å². The fourth-order valence-corrected chi connectivity index (χ4v) is 3.46. The van der Waals surface area contributed by atoms with Gasteiger partial charge in [-0.15, -0.1) is 0 Å². The molecular weight excluding hydrogens is 325 g/mol. The Balaban J connectivity index is 1.80. The lowest BCUT2D eigenvalue weighted by molar-refractivity contribution is 0.0931. The second-order valence-electron chi connectivity index (χ2n) is 6.29. The van der Waals surface area contributed by atoms with Crippen molar-refractivity contribution in [2.75, 3.05) is 0 Å². The summed E-state index contributed by atoms with van der Waals surface area (Å²) in [6.07, 6.45) is 5.44. The third-order valence-corrected chi connectivity index (χ3v) is 4.90. The summed E-state index contributed by atoms with van der Waals surface area (Å²) in [4.78, 5) is 12.4. The molecule has 126 valence electrons. The standard InChI is InChI=1S/C20H21ClFNO/c1-2-19(15-8-7-13-5-3-4-6-14(13)11-15)23-20(24)17-10-9-16(21)12-18(17)22/h7-12,19H,2-6H2,1H3,(H,23,24). The number of fused-ring (bicyclic) bond motifs is 1. The van der Waals surface area contributed by atoms with Gasteiger partial charge in [0.25, 0.3) is 5.91 Å². The first kappa shape index (κ1) is 17.0. The van der Waals surface area contributed by atoms with Crippen molar-refractivity contribution in [3.8, 4) is 0 Å². The molecule has 0 spiro atoms. The van der Waals surface area contributed by atoms with Crippen LogP contribution in [0.25, 0.3) is 0 Å². The van der Waals surface area contributed by atoms with Crippen LogP contribution in [0, 0.1) is 5.82 Å². The number of nitrogens with one attached hydrogen (secondary N) is 1. The van der Waals surface area contributed by atoms with Gasteiger partial charge in [0.15, 0.2) is 0 Å². The lowest BCUT2D eigenvalue weighted by atomic mass is 9.88. The molecule has 0 fully saturated rings. The maximum Gasteiger partial charge on any atom is 0.254 e. The molecule has 1 unspecified atom stereocenters. The fourth-order valence-electron chi connectivity index (χ4n) is 3.30. The summed E-state index contributed by atoms with van der Waals surface area (Å²) in [5, 5.41) is 3.23. The van der Waals surface area contributed by atoms with Crippen LogP contribution in [0.2, 0.25) is 5.02 Å². The van der Waals surface area contributed by atoms with Gasteiger partial charge >= 0.3 is 0 Å². The number of hydrogen-bond acceptors (Lipinski definition) is 1. The Hall–Kier alpha value is -1.87. The zero-order valence-electron chi connectivity index (χ0n) is 13.7. The molecule has 0 heterocycles. The lowest BCUT2D eigenvalue weighted by Gasteiger charge is -2.22. The Morgan fingerprint density at radius 3 is 2.62 bits per heavy atom. The molecule has 4 heteroatoms. The minimum Gasteiger partial charge on any atom is -0.345 e. The normalized spacial score (nSPS) is 14.8. The smallest absolute Gasteiger partial charge is 0.254 e. The van der Waals surface area contributed by atoms with E-state index in [1.165, 1.54) is 36.1 Å². The summed E-state index contributed by atoms with van der Waals surface area (Å²) >= 11 is 5.75. The topological polar surface area (TPSA) is 29.1 Å². The first-order valence-electron chi connectivity index (χ1n) is 8.46. The molecule has 3 rings (SSSR count). The van der Waals surface area contributed by atoms with E-state index in [2.05, 4.69) is 23.5 Å². The lowest BCUT2D eigenvalue weighted by Crippen LogP contribution is -2.29. The van der Waals surface area contributed by atoms with Crippen LogP contribution in [0.1, 0.15) is 59.3 Å². The van der Waals surface area contributed by atoms with Crippen LogP contribution in [-0.2, 0) is 12.8 Å². The quantitative estimate of drug-likeness (QED) is 0.806. The Kier molecular flexibility index (Phi) is 5.20. The van der Waals surface area contributed by atoms with Crippen LogP contribution in [0.3, 0.4) is 0 Å². The van der Waals surface area contributed by atoms with Gasteiger partial charge in [-0.2, -0.15) is 0 Å². The maximum absolute atomic E-state index is 13.9. The number of aryl methyl sites for hydroxylation is 2. The Bertz CT molecular complexity index is 759. The highest BCUT2D eigenvalue weighted by Crippen LogP contribution is 2.26. The van der Waals surface area contributed by atoms with E-state index in [1.54, 1.807) is 0 Å². The van der Waals surface area contributed by atoms with E-state index in [9.17, 15) is 9.18 Å². The van der Waals surface area contributed by atoms with Crippen molar-refractivity contribution < 1.29 is 9.18 Å². The van der Waals surface area contributed by atoms with Crippen molar-refractivity contribution in [3.63, 3.8) is 0 Å². The van der Waals surface area contributed by atoms with Crippen LogP contribution in [-0.4, -0.2) is 5.91 Å². The molecule has 1 aliphatic rings. The van der Waals surface area contributed by atoms with E-state index in [0.29, 0.717) is 0 Å². The van der Waals surface area contributed by atoms with Crippen LogP contribution in [0.5, 0.6) is 0 Å². The van der Waals surface area contributed by atoms with Crippen LogP contribution in [0.4, 0.5) is 4.39 Å². The molecule has 1 atom stereocenters. The molecule has 0 saturated carbocycles. The molecule has 1 N–H and O–H groups in total. The van der Waals surface area contributed by atoms with Gasteiger partial charge in [-0.3, -0.25) is 4.79 Å². The minimum atomic E-state index is -0.597. The molecule has 0 aromatic heterocycles. The zero-order valence-corrected chi connectivity index (χ0v) is 14.5. The number of halogens is 2. The molecule has 0 bridgehead atoms. The van der Waals surface area contributed by atoms with Crippen molar-refractivity contribution in [2.45, 2.75) is 45.1 Å². The zero-order chi connectivity index (χ0) is 17.1. The van der Waals surface area contributed by atoms with E-state index in [4.69, 9.17) is 11.6 Å². The maximum atomic E-state index is 13.9. The predicted octanol–water partition coefficient (Wildman–Crippen LogP) is 5.24. The molecule has 0 aliphatic heterocycles.